The summed E-state index contributed by atoms with van der Waals surface area (Å²) in [5.74, 6) is 0.824. The molecule has 0 saturated carbocycles. The molecule has 0 amide bonds. The zero-order chi connectivity index (χ0) is 14.5. The second-order valence-corrected chi connectivity index (χ2v) is 5.41. The van der Waals surface area contributed by atoms with Crippen LogP contribution in [-0.2, 0) is 0 Å². The van der Waals surface area contributed by atoms with Crippen LogP contribution in [0.25, 0.3) is 0 Å². The first kappa shape index (κ1) is 14.8. The Bertz CT molecular complexity index is 631. The minimum atomic E-state index is 0.373. The van der Waals surface area contributed by atoms with Crippen LogP contribution in [0.4, 0.5) is 11.4 Å². The van der Waals surface area contributed by atoms with Gasteiger partial charge in [-0.05, 0) is 53.2 Å². The van der Waals surface area contributed by atoms with Crippen molar-refractivity contribution in [1.82, 2.24) is 0 Å². The number of ether oxygens (including phenoxy) is 1. The van der Waals surface area contributed by atoms with E-state index in [1.54, 1.807) is 0 Å². The SMILES string of the molecule is CCOc1ccccc1Nc1ccc(C(N)=S)c(Br)c1. The Kier molecular flexibility index (Phi) is 4.98. The number of nitrogens with one attached hydrogen (secondary N) is 1. The van der Waals surface area contributed by atoms with Crippen molar-refractivity contribution < 1.29 is 4.74 Å². The highest BCUT2D eigenvalue weighted by atomic mass is 79.9. The number of thiocarbonyl (C=S) groups is 1. The van der Waals surface area contributed by atoms with Crippen LogP contribution >= 0.6 is 28.1 Å². The zero-order valence-corrected chi connectivity index (χ0v) is 13.4. The van der Waals surface area contributed by atoms with Crippen LogP contribution in [0.2, 0.25) is 0 Å². The van der Waals surface area contributed by atoms with Crippen molar-refractivity contribution in [3.05, 3.63) is 52.5 Å². The molecule has 0 bridgehead atoms. The van der Waals surface area contributed by atoms with E-state index in [0.717, 1.165) is 27.2 Å². The number of anilines is 2. The molecule has 0 heterocycles. The summed E-state index contributed by atoms with van der Waals surface area (Å²) in [7, 11) is 0. The van der Waals surface area contributed by atoms with Crippen LogP contribution in [0.5, 0.6) is 5.75 Å². The second-order valence-electron chi connectivity index (χ2n) is 4.11. The standard InChI is InChI=1S/C15H15BrN2OS/c1-2-19-14-6-4-3-5-13(14)18-10-7-8-11(15(17)20)12(16)9-10/h3-9,18H,2H2,1H3,(H2,17,20). The number of hydrogen-bond donors (Lipinski definition) is 2. The lowest BCUT2D eigenvalue weighted by atomic mass is 10.2. The molecule has 3 nitrogen and oxygen atoms in total. The molecule has 0 aliphatic heterocycles. The summed E-state index contributed by atoms with van der Waals surface area (Å²) in [6.07, 6.45) is 0. The number of para-hydroxylation sites is 2. The minimum absolute atomic E-state index is 0.373. The van der Waals surface area contributed by atoms with Gasteiger partial charge in [-0.1, -0.05) is 24.4 Å². The van der Waals surface area contributed by atoms with Crippen molar-refractivity contribution in [2.45, 2.75) is 6.92 Å². The molecule has 0 fully saturated rings. The molecule has 0 atom stereocenters. The molecule has 0 aliphatic rings. The minimum Gasteiger partial charge on any atom is -0.492 e. The molecule has 0 spiro atoms. The molecule has 2 aromatic rings. The van der Waals surface area contributed by atoms with Crippen molar-refractivity contribution in [1.29, 1.82) is 0 Å². The first-order valence-electron chi connectivity index (χ1n) is 6.20. The van der Waals surface area contributed by atoms with Gasteiger partial charge < -0.3 is 15.8 Å². The van der Waals surface area contributed by atoms with Crippen molar-refractivity contribution >= 4 is 44.5 Å². The maximum absolute atomic E-state index is 5.64. The number of nitrogens with two attached hydrogens (primary N) is 1. The predicted octanol–water partition coefficient (Wildman–Crippen LogP) is 4.23. The predicted molar refractivity (Wildman–Crippen MR) is 90.9 cm³/mol. The lowest BCUT2D eigenvalue weighted by Crippen LogP contribution is -2.10. The molecule has 0 unspecified atom stereocenters. The Labute approximate surface area is 132 Å². The van der Waals surface area contributed by atoms with Crippen LogP contribution in [-0.4, -0.2) is 11.6 Å². The summed E-state index contributed by atoms with van der Waals surface area (Å²) in [5.41, 5.74) is 8.32. The van der Waals surface area contributed by atoms with Crippen LogP contribution < -0.4 is 15.8 Å². The second kappa shape index (κ2) is 6.72. The van der Waals surface area contributed by atoms with E-state index >= 15 is 0 Å². The Morgan fingerprint density at radius 2 is 2.05 bits per heavy atom. The fourth-order valence-corrected chi connectivity index (χ4v) is 2.70. The molecule has 20 heavy (non-hydrogen) atoms. The largest absolute Gasteiger partial charge is 0.492 e. The molecule has 0 aliphatic carbocycles. The lowest BCUT2D eigenvalue weighted by Gasteiger charge is -2.13. The van der Waals surface area contributed by atoms with Crippen LogP contribution in [0.15, 0.2) is 46.9 Å². The maximum atomic E-state index is 5.64. The van der Waals surface area contributed by atoms with Crippen LogP contribution in [0.1, 0.15) is 12.5 Å². The van der Waals surface area contributed by atoms with Crippen molar-refractivity contribution in [3.8, 4) is 5.75 Å². The molecule has 2 aromatic carbocycles. The number of halogens is 1. The van der Waals surface area contributed by atoms with E-state index in [0.29, 0.717) is 11.6 Å². The Hall–Kier alpha value is -1.59. The fraction of sp³-hybridized carbons (Fsp3) is 0.133. The molecule has 104 valence electrons. The van der Waals surface area contributed by atoms with Crippen molar-refractivity contribution in [2.75, 3.05) is 11.9 Å². The Morgan fingerprint density at radius 3 is 2.70 bits per heavy atom. The van der Waals surface area contributed by atoms with E-state index < -0.39 is 0 Å². The number of hydrogen-bond acceptors (Lipinski definition) is 3. The summed E-state index contributed by atoms with van der Waals surface area (Å²) in [5, 5.41) is 3.33. The lowest BCUT2D eigenvalue weighted by molar-refractivity contribution is 0.342. The van der Waals surface area contributed by atoms with Gasteiger partial charge in [-0.15, -0.1) is 0 Å². The first-order chi connectivity index (χ1) is 9.61. The van der Waals surface area contributed by atoms with E-state index in [4.69, 9.17) is 22.7 Å². The molecular formula is C15H15BrN2OS. The molecule has 5 heteroatoms. The van der Waals surface area contributed by atoms with E-state index in [-0.39, 0.29) is 0 Å². The van der Waals surface area contributed by atoms with Crippen molar-refractivity contribution in [2.24, 2.45) is 5.73 Å². The van der Waals surface area contributed by atoms with Crippen LogP contribution in [0.3, 0.4) is 0 Å². The normalized spacial score (nSPS) is 10.1. The van der Waals surface area contributed by atoms with E-state index in [2.05, 4.69) is 21.2 Å². The average Bonchev–Trinajstić information content (AvgIpc) is 2.41. The molecule has 0 saturated heterocycles. The van der Waals surface area contributed by atoms with E-state index in [9.17, 15) is 0 Å². The number of rotatable bonds is 5. The summed E-state index contributed by atoms with van der Waals surface area (Å²) in [4.78, 5) is 0.373. The maximum Gasteiger partial charge on any atom is 0.142 e. The quantitative estimate of drug-likeness (QED) is 0.792. The summed E-state index contributed by atoms with van der Waals surface area (Å²) < 4.78 is 6.45. The molecular weight excluding hydrogens is 336 g/mol. The monoisotopic (exact) mass is 350 g/mol. The highest BCUT2D eigenvalue weighted by Crippen LogP contribution is 2.29. The summed E-state index contributed by atoms with van der Waals surface area (Å²) >= 11 is 8.46. The third kappa shape index (κ3) is 3.49. The van der Waals surface area contributed by atoms with Gasteiger partial charge in [-0.3, -0.25) is 0 Å². The summed E-state index contributed by atoms with van der Waals surface area (Å²) in [6.45, 7) is 2.59. The van der Waals surface area contributed by atoms with Gasteiger partial charge in [0.2, 0.25) is 0 Å². The smallest absolute Gasteiger partial charge is 0.142 e. The van der Waals surface area contributed by atoms with Gasteiger partial charge in [-0.25, -0.2) is 0 Å². The van der Waals surface area contributed by atoms with Gasteiger partial charge in [0.25, 0.3) is 0 Å². The first-order valence-corrected chi connectivity index (χ1v) is 7.40. The van der Waals surface area contributed by atoms with Gasteiger partial charge in [0.15, 0.2) is 0 Å². The summed E-state index contributed by atoms with van der Waals surface area (Å²) in [6, 6.07) is 13.6. The third-order valence-corrected chi connectivity index (χ3v) is 3.58. The highest BCUT2D eigenvalue weighted by Gasteiger charge is 2.06. The van der Waals surface area contributed by atoms with Gasteiger partial charge in [0, 0.05) is 15.7 Å². The molecule has 0 radical (unpaired) electrons. The molecule has 3 N–H and O–H groups in total. The Balaban J connectivity index is 2.26. The van der Waals surface area contributed by atoms with Crippen LogP contribution in [0, 0.1) is 0 Å². The molecule has 0 aromatic heterocycles. The fourth-order valence-electron chi connectivity index (χ4n) is 1.80. The van der Waals surface area contributed by atoms with Gasteiger partial charge in [0.05, 0.1) is 12.3 Å². The zero-order valence-electron chi connectivity index (χ0n) is 11.0. The number of benzene rings is 2. The third-order valence-electron chi connectivity index (χ3n) is 2.70. The average molecular weight is 351 g/mol. The van der Waals surface area contributed by atoms with E-state index in [1.165, 1.54) is 0 Å². The van der Waals surface area contributed by atoms with Gasteiger partial charge >= 0.3 is 0 Å². The Morgan fingerprint density at radius 1 is 1.30 bits per heavy atom. The highest BCUT2D eigenvalue weighted by molar-refractivity contribution is 9.10. The topological polar surface area (TPSA) is 47.3 Å². The van der Waals surface area contributed by atoms with Gasteiger partial charge in [-0.2, -0.15) is 0 Å². The van der Waals surface area contributed by atoms with Gasteiger partial charge in [0.1, 0.15) is 10.7 Å². The van der Waals surface area contributed by atoms with E-state index in [1.807, 2.05) is 49.4 Å². The van der Waals surface area contributed by atoms with Crippen molar-refractivity contribution in [3.63, 3.8) is 0 Å². The molecule has 2 rings (SSSR count).